The van der Waals surface area contributed by atoms with Crippen LogP contribution in [-0.2, 0) is 4.79 Å². The predicted molar refractivity (Wildman–Crippen MR) is 44.7 cm³/mol. The van der Waals surface area contributed by atoms with Crippen molar-refractivity contribution in [1.29, 1.82) is 0 Å². The summed E-state index contributed by atoms with van der Waals surface area (Å²) in [5.74, 6) is -0.0879. The first-order valence-electron chi connectivity index (χ1n) is 3.54. The lowest BCUT2D eigenvalue weighted by molar-refractivity contribution is -0.119. The van der Waals surface area contributed by atoms with E-state index in [1.807, 2.05) is 6.92 Å². The minimum absolute atomic E-state index is 0.0879. The highest BCUT2D eigenvalue weighted by Crippen LogP contribution is 1.97. The molecule has 0 spiro atoms. The fraction of sp³-hybridized carbons (Fsp3) is 0.500. The highest BCUT2D eigenvalue weighted by Gasteiger charge is 2.08. The molecule has 62 valence electrons. The van der Waals surface area contributed by atoms with Gasteiger partial charge in [-0.15, -0.1) is 5.73 Å². The van der Waals surface area contributed by atoms with Crippen molar-refractivity contribution in [2.24, 2.45) is 5.73 Å². The van der Waals surface area contributed by atoms with E-state index in [1.165, 1.54) is 6.92 Å². The van der Waals surface area contributed by atoms with Crippen LogP contribution in [-0.4, -0.2) is 11.9 Å². The van der Waals surface area contributed by atoms with E-state index in [0.29, 0.717) is 5.70 Å². The van der Waals surface area contributed by atoms with E-state index in [2.05, 4.69) is 17.6 Å². The Labute approximate surface area is 67.0 Å². The minimum Gasteiger partial charge on any atom is -0.394 e. The smallest absolute Gasteiger partial charge is 0.217 e. The Bertz CT molecular complexity index is 192. The lowest BCUT2D eigenvalue weighted by Crippen LogP contribution is -2.36. The molecule has 1 amide bonds. The van der Waals surface area contributed by atoms with Crippen molar-refractivity contribution >= 4 is 5.91 Å². The van der Waals surface area contributed by atoms with E-state index in [1.54, 1.807) is 0 Å². The van der Waals surface area contributed by atoms with Gasteiger partial charge in [-0.25, -0.2) is 0 Å². The number of amides is 1. The van der Waals surface area contributed by atoms with Gasteiger partial charge in [-0.1, -0.05) is 13.5 Å². The quantitative estimate of drug-likeness (QED) is 0.582. The van der Waals surface area contributed by atoms with Gasteiger partial charge in [0, 0.05) is 6.92 Å². The largest absolute Gasteiger partial charge is 0.394 e. The molecule has 0 aromatic heterocycles. The summed E-state index contributed by atoms with van der Waals surface area (Å²) < 4.78 is 0. The average molecular weight is 154 g/mol. The maximum Gasteiger partial charge on any atom is 0.217 e. The molecular formula is C8H14N2O. The Morgan fingerprint density at radius 3 is 2.64 bits per heavy atom. The molecule has 0 heterocycles. The van der Waals surface area contributed by atoms with Crippen LogP contribution in [0.5, 0.6) is 0 Å². The number of carbonyl (C=O) groups excluding carboxylic acids is 1. The van der Waals surface area contributed by atoms with Gasteiger partial charge in [0.2, 0.25) is 5.91 Å². The summed E-state index contributed by atoms with van der Waals surface area (Å²) in [6.07, 6.45) is 0.758. The van der Waals surface area contributed by atoms with Crippen LogP contribution in [0.1, 0.15) is 20.3 Å². The monoisotopic (exact) mass is 154 g/mol. The van der Waals surface area contributed by atoms with Crippen molar-refractivity contribution in [2.45, 2.75) is 26.3 Å². The molecule has 0 aromatic carbocycles. The van der Waals surface area contributed by atoms with E-state index < -0.39 is 0 Å². The van der Waals surface area contributed by atoms with Crippen molar-refractivity contribution in [3.05, 3.63) is 18.0 Å². The van der Waals surface area contributed by atoms with Gasteiger partial charge in [-0.3, -0.25) is 4.79 Å². The highest BCUT2D eigenvalue weighted by molar-refractivity contribution is 5.73. The molecule has 0 bridgehead atoms. The molecular weight excluding hydrogens is 140 g/mol. The second kappa shape index (κ2) is 4.58. The maximum atomic E-state index is 10.6. The second-order valence-corrected chi connectivity index (χ2v) is 2.29. The lowest BCUT2D eigenvalue weighted by atomic mass is 10.2. The maximum absolute atomic E-state index is 10.6. The predicted octanol–water partition coefficient (Wildman–Crippen LogP) is 0.529. The van der Waals surface area contributed by atoms with E-state index >= 15 is 0 Å². The van der Waals surface area contributed by atoms with Crippen molar-refractivity contribution in [3.63, 3.8) is 0 Å². The zero-order chi connectivity index (χ0) is 8.85. The lowest BCUT2D eigenvalue weighted by Gasteiger charge is -2.13. The fourth-order valence-electron chi connectivity index (χ4n) is 0.768. The first-order chi connectivity index (χ1) is 5.11. The first-order valence-corrected chi connectivity index (χ1v) is 3.54. The summed E-state index contributed by atoms with van der Waals surface area (Å²) in [6, 6.07) is -0.120. The van der Waals surface area contributed by atoms with Crippen LogP contribution in [0.3, 0.4) is 0 Å². The summed E-state index contributed by atoms with van der Waals surface area (Å²) in [4.78, 5) is 10.6. The Morgan fingerprint density at radius 1 is 1.82 bits per heavy atom. The number of hydrogen-bond donors (Lipinski definition) is 2. The summed E-state index contributed by atoms with van der Waals surface area (Å²) >= 11 is 0. The van der Waals surface area contributed by atoms with E-state index in [4.69, 9.17) is 5.73 Å². The Kier molecular flexibility index (Phi) is 4.08. The molecule has 0 aliphatic rings. The van der Waals surface area contributed by atoms with Gasteiger partial charge >= 0.3 is 0 Å². The van der Waals surface area contributed by atoms with Crippen LogP contribution >= 0.6 is 0 Å². The number of nitrogens with one attached hydrogen (secondary N) is 1. The zero-order valence-corrected chi connectivity index (χ0v) is 6.98. The Morgan fingerprint density at radius 2 is 2.36 bits per heavy atom. The van der Waals surface area contributed by atoms with Gasteiger partial charge < -0.3 is 11.1 Å². The second-order valence-electron chi connectivity index (χ2n) is 2.29. The van der Waals surface area contributed by atoms with Crippen LogP contribution in [0, 0.1) is 0 Å². The van der Waals surface area contributed by atoms with Crippen molar-refractivity contribution < 1.29 is 4.79 Å². The van der Waals surface area contributed by atoms with Crippen molar-refractivity contribution in [2.75, 3.05) is 0 Å². The summed E-state index contributed by atoms with van der Waals surface area (Å²) in [5.41, 5.74) is 8.54. The third-order valence-electron chi connectivity index (χ3n) is 1.37. The van der Waals surface area contributed by atoms with Crippen LogP contribution in [0.2, 0.25) is 0 Å². The van der Waals surface area contributed by atoms with Gasteiger partial charge in [-0.2, -0.15) is 0 Å². The molecule has 3 heteroatoms. The number of hydrogen-bond acceptors (Lipinski definition) is 2. The molecule has 1 atom stereocenters. The molecule has 3 N–H and O–H groups in total. The van der Waals surface area contributed by atoms with Gasteiger partial charge in [0.1, 0.15) is 0 Å². The fourth-order valence-corrected chi connectivity index (χ4v) is 0.768. The molecule has 0 saturated carbocycles. The standard InChI is InChI=1S/C8H14N2O/c1-4-7(9)8(5-2)10-6(3)11/h8H,1,5,9H2,2-3H3,(H,10,11)/t8-/m0/s1. The van der Waals surface area contributed by atoms with E-state index in [9.17, 15) is 4.79 Å². The topological polar surface area (TPSA) is 55.1 Å². The number of carbonyl (C=O) groups is 1. The molecule has 0 aliphatic heterocycles. The summed E-state index contributed by atoms with van der Waals surface area (Å²) in [7, 11) is 0. The molecule has 0 aliphatic carbocycles. The van der Waals surface area contributed by atoms with E-state index in [-0.39, 0.29) is 11.9 Å². The SMILES string of the molecule is C=C=C(N)[C@H](CC)NC(C)=O. The highest BCUT2D eigenvalue weighted by atomic mass is 16.1. The Hall–Kier alpha value is -1.21. The van der Waals surface area contributed by atoms with Crippen LogP contribution in [0.4, 0.5) is 0 Å². The molecule has 0 fully saturated rings. The molecule has 0 radical (unpaired) electrons. The average Bonchev–Trinajstić information content (AvgIpc) is 1.98. The Balaban J connectivity index is 4.17. The molecule has 0 rings (SSSR count). The molecule has 0 unspecified atom stereocenters. The minimum atomic E-state index is -0.120. The summed E-state index contributed by atoms with van der Waals surface area (Å²) in [5, 5.41) is 2.68. The third-order valence-corrected chi connectivity index (χ3v) is 1.37. The molecule has 0 saturated heterocycles. The number of nitrogens with two attached hydrogens (primary N) is 1. The van der Waals surface area contributed by atoms with Gasteiger partial charge in [-0.05, 0) is 6.42 Å². The van der Waals surface area contributed by atoms with Crippen molar-refractivity contribution in [3.8, 4) is 0 Å². The van der Waals surface area contributed by atoms with Gasteiger partial charge in [0.15, 0.2) is 0 Å². The molecule has 11 heavy (non-hydrogen) atoms. The normalized spacial score (nSPS) is 11.5. The van der Waals surface area contributed by atoms with Crippen LogP contribution in [0.25, 0.3) is 0 Å². The molecule has 3 nitrogen and oxygen atoms in total. The first kappa shape index (κ1) is 9.79. The van der Waals surface area contributed by atoms with Crippen LogP contribution in [0.15, 0.2) is 18.0 Å². The van der Waals surface area contributed by atoms with Crippen LogP contribution < -0.4 is 11.1 Å². The van der Waals surface area contributed by atoms with E-state index in [0.717, 1.165) is 6.42 Å². The zero-order valence-electron chi connectivity index (χ0n) is 6.98. The molecule has 0 aromatic rings. The summed E-state index contributed by atoms with van der Waals surface area (Å²) in [6.45, 7) is 6.79. The van der Waals surface area contributed by atoms with Crippen molar-refractivity contribution in [1.82, 2.24) is 5.32 Å². The third kappa shape index (κ3) is 3.48. The van der Waals surface area contributed by atoms with Gasteiger partial charge in [0.05, 0.1) is 11.7 Å². The number of rotatable bonds is 3. The van der Waals surface area contributed by atoms with Gasteiger partial charge in [0.25, 0.3) is 0 Å².